The first-order valence-electron chi connectivity index (χ1n) is 15.0. The van der Waals surface area contributed by atoms with E-state index in [1.807, 2.05) is 62.4 Å². The van der Waals surface area contributed by atoms with Gasteiger partial charge in [-0.2, -0.15) is 0 Å². The minimum absolute atomic E-state index is 0.0443. The van der Waals surface area contributed by atoms with Crippen molar-refractivity contribution in [3.05, 3.63) is 114 Å². The van der Waals surface area contributed by atoms with Crippen molar-refractivity contribution in [2.75, 3.05) is 4.90 Å². The number of ether oxygens (including phenoxy) is 1. The Hall–Kier alpha value is -4.22. The molecular weight excluding hydrogens is 611 g/mol. The average Bonchev–Trinajstić information content (AvgIpc) is 3.76. The molecule has 9 nitrogen and oxygen atoms in total. The number of nitrogens with zero attached hydrogens (tertiary/aromatic N) is 2. The summed E-state index contributed by atoms with van der Waals surface area (Å²) in [5.74, 6) is -1.41. The number of aromatic amines is 1. The molecule has 1 aromatic heterocycles. The number of hydrogen-bond acceptors (Lipinski definition) is 8. The molecule has 5 unspecified atom stereocenters. The highest BCUT2D eigenvalue weighted by molar-refractivity contribution is 8.00. The monoisotopic (exact) mass is 639 g/mol. The zero-order valence-corrected chi connectivity index (χ0v) is 26.1. The second-order valence-corrected chi connectivity index (χ2v) is 14.7. The standard InChI is InChI=1S/C34H29N3O6S2/c1-16-7-9-19(10-8-16)36-32(38)27-22-14-23(28(27)33(36)39)29-26(22)25(30-31(44-29)35-34(40)45-30)21-13-20(37(41)42)11-12-24(21)43-15-18-6-4-3-5-17(18)2/h3-13,22-23,25-29H,14-15H2,1-2H3,(H,35,40)/t22-,23-,25?,26?,27?,28?,29?/m1/s1. The van der Waals surface area contributed by atoms with E-state index in [0.29, 0.717) is 17.0 Å². The number of amides is 2. The molecule has 1 saturated heterocycles. The maximum atomic E-state index is 14.1. The molecule has 3 aromatic carbocycles. The first-order chi connectivity index (χ1) is 21.7. The molecule has 11 heteroatoms. The van der Waals surface area contributed by atoms with Gasteiger partial charge >= 0.3 is 4.87 Å². The van der Waals surface area contributed by atoms with Crippen molar-refractivity contribution in [2.45, 2.75) is 43.1 Å². The molecule has 2 amide bonds. The normalized spacial score (nSPS) is 27.8. The number of thiazole rings is 1. The molecule has 7 atom stereocenters. The number of benzene rings is 3. The van der Waals surface area contributed by atoms with Crippen LogP contribution in [0, 0.1) is 53.6 Å². The van der Waals surface area contributed by atoms with E-state index in [2.05, 4.69) is 4.98 Å². The van der Waals surface area contributed by atoms with Gasteiger partial charge in [0.15, 0.2) is 0 Å². The predicted molar refractivity (Wildman–Crippen MR) is 171 cm³/mol. The molecule has 0 radical (unpaired) electrons. The SMILES string of the molecule is Cc1ccc(N2C(=O)C3C(C2=O)[C@@H]2C[C@H]3C3Sc4[nH]c(=O)sc4C(c4cc([N+](=O)[O-])ccc4OCc4ccccc4C)C32)cc1. The highest BCUT2D eigenvalue weighted by Gasteiger charge is 2.70. The number of nitro groups is 1. The zero-order chi connectivity index (χ0) is 31.1. The number of hydrogen-bond donors (Lipinski definition) is 1. The van der Waals surface area contributed by atoms with Crippen LogP contribution in [0.3, 0.4) is 0 Å². The van der Waals surface area contributed by atoms with E-state index in [0.717, 1.165) is 44.4 Å². The molecule has 228 valence electrons. The second-order valence-electron chi connectivity index (χ2n) is 12.5. The van der Waals surface area contributed by atoms with Crippen molar-refractivity contribution < 1.29 is 19.2 Å². The van der Waals surface area contributed by atoms with Gasteiger partial charge in [0.1, 0.15) is 12.4 Å². The van der Waals surface area contributed by atoms with Crippen molar-refractivity contribution in [2.24, 2.45) is 29.6 Å². The fourth-order valence-corrected chi connectivity index (χ4v) is 11.1. The Balaban J connectivity index is 1.23. The van der Waals surface area contributed by atoms with E-state index in [4.69, 9.17) is 4.74 Å². The lowest BCUT2D eigenvalue weighted by Gasteiger charge is -2.43. The van der Waals surface area contributed by atoms with E-state index in [-0.39, 0.29) is 52.0 Å². The molecule has 1 N–H and O–H groups in total. The Morgan fingerprint density at radius 2 is 1.71 bits per heavy atom. The van der Waals surface area contributed by atoms with Gasteiger partial charge in [-0.25, -0.2) is 0 Å². The Morgan fingerprint density at radius 3 is 2.44 bits per heavy atom. The van der Waals surface area contributed by atoms with Crippen LogP contribution >= 0.6 is 23.1 Å². The van der Waals surface area contributed by atoms with Crippen molar-refractivity contribution in [1.29, 1.82) is 0 Å². The van der Waals surface area contributed by atoms with Crippen LogP contribution in [-0.4, -0.2) is 27.0 Å². The Labute approximate surface area is 266 Å². The number of aryl methyl sites for hydroxylation is 2. The lowest BCUT2D eigenvalue weighted by Crippen LogP contribution is -2.42. The topological polar surface area (TPSA) is 123 Å². The number of non-ortho nitro benzene ring substituents is 1. The highest BCUT2D eigenvalue weighted by atomic mass is 32.2. The third kappa shape index (κ3) is 4.31. The number of carbonyl (C=O) groups is 2. The quantitative estimate of drug-likeness (QED) is 0.151. The number of nitrogens with one attached hydrogen (secondary N) is 1. The van der Waals surface area contributed by atoms with Crippen LogP contribution in [0.25, 0.3) is 0 Å². The summed E-state index contributed by atoms with van der Waals surface area (Å²) in [6, 6.07) is 20.0. The van der Waals surface area contributed by atoms with Gasteiger partial charge in [0.05, 0.1) is 27.5 Å². The van der Waals surface area contributed by atoms with Crippen LogP contribution in [0.2, 0.25) is 0 Å². The van der Waals surface area contributed by atoms with Gasteiger partial charge in [-0.3, -0.25) is 29.4 Å². The molecule has 0 spiro atoms. The van der Waals surface area contributed by atoms with Gasteiger partial charge in [0.25, 0.3) is 5.69 Å². The van der Waals surface area contributed by atoms with Gasteiger partial charge in [-0.15, -0.1) is 11.8 Å². The summed E-state index contributed by atoms with van der Waals surface area (Å²) in [7, 11) is 0. The van der Waals surface area contributed by atoms with Gasteiger partial charge in [-0.1, -0.05) is 53.3 Å². The molecule has 3 heterocycles. The molecule has 2 saturated carbocycles. The van der Waals surface area contributed by atoms with Crippen molar-refractivity contribution in [1.82, 2.24) is 4.98 Å². The van der Waals surface area contributed by atoms with E-state index >= 15 is 0 Å². The first kappa shape index (κ1) is 28.3. The molecule has 2 bridgehead atoms. The van der Waals surface area contributed by atoms with Gasteiger partial charge < -0.3 is 9.72 Å². The summed E-state index contributed by atoms with van der Waals surface area (Å²) in [6.07, 6.45) is 0.723. The third-order valence-electron chi connectivity index (χ3n) is 10.2. The number of imide groups is 1. The van der Waals surface area contributed by atoms with E-state index in [9.17, 15) is 24.5 Å². The molecule has 3 fully saturated rings. The second kappa shape index (κ2) is 10.4. The lowest BCUT2D eigenvalue weighted by molar-refractivity contribution is -0.385. The minimum atomic E-state index is -0.472. The van der Waals surface area contributed by atoms with Crippen LogP contribution < -0.4 is 14.5 Å². The number of H-pyrrole nitrogens is 1. The highest BCUT2D eigenvalue weighted by Crippen LogP contribution is 2.69. The van der Waals surface area contributed by atoms with Crippen LogP contribution in [0.5, 0.6) is 5.75 Å². The van der Waals surface area contributed by atoms with E-state index in [1.54, 1.807) is 23.9 Å². The number of rotatable bonds is 6. The first-order valence-corrected chi connectivity index (χ1v) is 16.7. The van der Waals surface area contributed by atoms with Crippen LogP contribution in [0.15, 0.2) is 76.6 Å². The largest absolute Gasteiger partial charge is 0.489 e. The number of aromatic nitrogens is 1. The number of anilines is 1. The van der Waals surface area contributed by atoms with Crippen LogP contribution in [-0.2, 0) is 16.2 Å². The van der Waals surface area contributed by atoms with Crippen molar-refractivity contribution in [3.63, 3.8) is 0 Å². The van der Waals surface area contributed by atoms with Gasteiger partial charge in [0.2, 0.25) is 11.8 Å². The molecule has 4 aliphatic rings. The summed E-state index contributed by atoms with van der Waals surface area (Å²) in [6.45, 7) is 4.25. The smallest absolute Gasteiger partial charge is 0.305 e. The summed E-state index contributed by atoms with van der Waals surface area (Å²) in [5.41, 5.74) is 4.28. The zero-order valence-electron chi connectivity index (χ0n) is 24.5. The molecule has 2 aliphatic heterocycles. The van der Waals surface area contributed by atoms with Gasteiger partial charge in [-0.05, 0) is 67.3 Å². The summed E-state index contributed by atoms with van der Waals surface area (Å²) in [4.78, 5) is 57.3. The Morgan fingerprint density at radius 1 is 0.978 bits per heavy atom. The molecule has 45 heavy (non-hydrogen) atoms. The number of nitro benzene ring substituents is 1. The van der Waals surface area contributed by atoms with Crippen LogP contribution in [0.1, 0.15) is 39.5 Å². The van der Waals surface area contributed by atoms with E-state index < -0.39 is 22.7 Å². The van der Waals surface area contributed by atoms with Crippen LogP contribution in [0.4, 0.5) is 11.4 Å². The summed E-state index contributed by atoms with van der Waals surface area (Å²) < 4.78 is 6.41. The van der Waals surface area contributed by atoms with E-state index in [1.165, 1.54) is 11.0 Å². The van der Waals surface area contributed by atoms with Crippen molar-refractivity contribution in [3.8, 4) is 5.75 Å². The summed E-state index contributed by atoms with van der Waals surface area (Å²) in [5, 5.41) is 12.7. The molecule has 4 aromatic rings. The Kier molecular flexibility index (Phi) is 6.54. The average molecular weight is 640 g/mol. The molecule has 2 aliphatic carbocycles. The predicted octanol–water partition coefficient (Wildman–Crippen LogP) is 6.22. The maximum absolute atomic E-state index is 14.1. The number of thioether (sulfide) groups is 1. The fourth-order valence-electron chi connectivity index (χ4n) is 8.26. The Bertz CT molecular complexity index is 1950. The minimum Gasteiger partial charge on any atom is -0.489 e. The van der Waals surface area contributed by atoms with Crippen molar-refractivity contribution >= 4 is 46.3 Å². The summed E-state index contributed by atoms with van der Waals surface area (Å²) >= 11 is 2.70. The maximum Gasteiger partial charge on any atom is 0.305 e. The lowest BCUT2D eigenvalue weighted by atomic mass is 9.68. The fraction of sp³-hybridized carbons (Fsp3) is 0.324. The van der Waals surface area contributed by atoms with Gasteiger partial charge in [0, 0.05) is 33.7 Å². The number of carbonyl (C=O) groups excluding carboxylic acids is 2. The third-order valence-corrected chi connectivity index (χ3v) is 12.8. The molecular formula is C34H29N3O6S2. The molecule has 8 rings (SSSR count). The number of fused-ring (bicyclic) bond motifs is 9.